The molecule has 0 aliphatic rings. The van der Waals surface area contributed by atoms with Crippen molar-refractivity contribution >= 4 is 28.9 Å². The van der Waals surface area contributed by atoms with E-state index in [1.807, 2.05) is 6.07 Å². The van der Waals surface area contributed by atoms with Crippen LogP contribution >= 0.6 is 11.6 Å². The van der Waals surface area contributed by atoms with Gasteiger partial charge in [0, 0.05) is 19.7 Å². The van der Waals surface area contributed by atoms with E-state index in [0.717, 1.165) is 17.7 Å². The number of rotatable bonds is 5. The summed E-state index contributed by atoms with van der Waals surface area (Å²) < 4.78 is 0. The lowest BCUT2D eigenvalue weighted by molar-refractivity contribution is -0.394. The average molecular weight is 350 g/mol. The summed E-state index contributed by atoms with van der Waals surface area (Å²) in [4.78, 5) is 34.1. The van der Waals surface area contributed by atoms with E-state index < -0.39 is 32.2 Å². The highest BCUT2D eigenvalue weighted by Gasteiger charge is 2.27. The Bertz CT molecular complexity index is 810. The molecule has 0 fully saturated rings. The smallest absolute Gasteiger partial charge is 0.295 e. The van der Waals surface area contributed by atoms with Gasteiger partial charge in [0.1, 0.15) is 5.02 Å². The molecule has 9 heteroatoms. The topological polar surface area (TPSA) is 107 Å². The second-order valence-corrected chi connectivity index (χ2v) is 5.37. The quantitative estimate of drug-likeness (QED) is 0.607. The van der Waals surface area contributed by atoms with Crippen molar-refractivity contribution in [1.29, 1.82) is 0 Å². The van der Waals surface area contributed by atoms with E-state index in [-0.39, 0.29) is 12.1 Å². The number of nitro groups is 2. The lowest BCUT2D eigenvalue weighted by Crippen LogP contribution is -2.26. The van der Waals surface area contributed by atoms with Gasteiger partial charge in [0.05, 0.1) is 21.5 Å². The van der Waals surface area contributed by atoms with Crippen LogP contribution in [-0.2, 0) is 6.54 Å². The van der Waals surface area contributed by atoms with Crippen LogP contribution in [0, 0.1) is 20.2 Å². The Hall–Kier alpha value is -3.00. The Morgan fingerprint density at radius 2 is 1.75 bits per heavy atom. The van der Waals surface area contributed by atoms with E-state index in [1.54, 1.807) is 24.3 Å². The summed E-state index contributed by atoms with van der Waals surface area (Å²) in [6.07, 6.45) is 0. The largest absolute Gasteiger partial charge is 0.337 e. The third-order valence-corrected chi connectivity index (χ3v) is 3.68. The van der Waals surface area contributed by atoms with Crippen molar-refractivity contribution in [3.63, 3.8) is 0 Å². The summed E-state index contributed by atoms with van der Waals surface area (Å²) in [7, 11) is 1.48. The van der Waals surface area contributed by atoms with E-state index in [1.165, 1.54) is 11.9 Å². The van der Waals surface area contributed by atoms with Gasteiger partial charge in [0.2, 0.25) is 0 Å². The lowest BCUT2D eigenvalue weighted by Gasteiger charge is -2.18. The van der Waals surface area contributed by atoms with Gasteiger partial charge in [-0.15, -0.1) is 0 Å². The summed E-state index contributed by atoms with van der Waals surface area (Å²) in [5, 5.41) is 21.5. The van der Waals surface area contributed by atoms with Crippen molar-refractivity contribution < 1.29 is 14.6 Å². The molecule has 0 bridgehead atoms. The molecule has 0 spiro atoms. The number of hydrogen-bond acceptors (Lipinski definition) is 5. The van der Waals surface area contributed by atoms with Crippen molar-refractivity contribution in [2.24, 2.45) is 0 Å². The van der Waals surface area contributed by atoms with E-state index in [9.17, 15) is 25.0 Å². The van der Waals surface area contributed by atoms with E-state index in [2.05, 4.69) is 0 Å². The van der Waals surface area contributed by atoms with Crippen LogP contribution in [0.15, 0.2) is 42.5 Å². The number of halogens is 1. The third kappa shape index (κ3) is 3.66. The molecule has 0 saturated heterocycles. The SMILES string of the molecule is CN(Cc1ccccc1)C(=O)c1cc([N+](=O)[O-])cc([N+](=O)[O-])c1Cl. The second-order valence-electron chi connectivity index (χ2n) is 4.99. The zero-order valence-electron chi connectivity index (χ0n) is 12.5. The normalized spacial score (nSPS) is 10.2. The van der Waals surface area contributed by atoms with Crippen molar-refractivity contribution in [2.75, 3.05) is 7.05 Å². The van der Waals surface area contributed by atoms with Crippen molar-refractivity contribution in [2.45, 2.75) is 6.54 Å². The first kappa shape index (κ1) is 17.4. The molecule has 24 heavy (non-hydrogen) atoms. The Morgan fingerprint density at radius 1 is 1.12 bits per heavy atom. The molecule has 0 unspecified atom stereocenters. The van der Waals surface area contributed by atoms with E-state index in [0.29, 0.717) is 0 Å². The van der Waals surface area contributed by atoms with Crippen LogP contribution in [0.5, 0.6) is 0 Å². The summed E-state index contributed by atoms with van der Waals surface area (Å²) in [6.45, 7) is 0.229. The fourth-order valence-electron chi connectivity index (χ4n) is 2.12. The van der Waals surface area contributed by atoms with Gasteiger partial charge in [-0.25, -0.2) is 0 Å². The molecule has 0 aliphatic heterocycles. The maximum absolute atomic E-state index is 12.5. The molecule has 0 aromatic heterocycles. The molecule has 8 nitrogen and oxygen atoms in total. The van der Waals surface area contributed by atoms with E-state index >= 15 is 0 Å². The molecule has 124 valence electrons. The second kappa shape index (κ2) is 7.05. The summed E-state index contributed by atoms with van der Waals surface area (Å²) in [5.74, 6) is -0.643. The number of hydrogen-bond donors (Lipinski definition) is 0. The van der Waals surface area contributed by atoms with Gasteiger partial charge in [-0.2, -0.15) is 0 Å². The molecule has 0 radical (unpaired) electrons. The first-order valence-electron chi connectivity index (χ1n) is 6.73. The van der Waals surface area contributed by atoms with Crippen LogP contribution in [0.4, 0.5) is 11.4 Å². The standard InChI is InChI=1S/C15H12ClN3O5/c1-17(9-10-5-3-2-4-6-10)15(20)12-7-11(18(21)22)8-13(14(12)16)19(23)24/h2-8H,9H2,1H3. The third-order valence-electron chi connectivity index (χ3n) is 3.29. The average Bonchev–Trinajstić information content (AvgIpc) is 2.54. The Kier molecular flexibility index (Phi) is 5.10. The van der Waals surface area contributed by atoms with Gasteiger partial charge in [0.15, 0.2) is 0 Å². The number of nitro benzene ring substituents is 2. The number of non-ortho nitro benzene ring substituents is 1. The highest BCUT2D eigenvalue weighted by Crippen LogP contribution is 2.33. The van der Waals surface area contributed by atoms with E-state index in [4.69, 9.17) is 11.6 Å². The molecule has 1 amide bonds. The van der Waals surface area contributed by atoms with Crippen molar-refractivity contribution in [1.82, 2.24) is 4.90 Å². The molecule has 0 heterocycles. The van der Waals surface area contributed by atoms with Crippen LogP contribution in [0.3, 0.4) is 0 Å². The van der Waals surface area contributed by atoms with Crippen LogP contribution in [0.25, 0.3) is 0 Å². The molecule has 0 atom stereocenters. The highest BCUT2D eigenvalue weighted by atomic mass is 35.5. The van der Waals surface area contributed by atoms with Gasteiger partial charge in [-0.3, -0.25) is 25.0 Å². The minimum atomic E-state index is -0.858. The van der Waals surface area contributed by atoms with Gasteiger partial charge in [-0.05, 0) is 5.56 Å². The number of carbonyl (C=O) groups excluding carboxylic acids is 1. The number of carbonyl (C=O) groups is 1. The van der Waals surface area contributed by atoms with Crippen molar-refractivity contribution in [3.8, 4) is 0 Å². The van der Waals surface area contributed by atoms with Crippen LogP contribution in [0.1, 0.15) is 15.9 Å². The Morgan fingerprint density at radius 3 is 2.29 bits per heavy atom. The highest BCUT2D eigenvalue weighted by molar-refractivity contribution is 6.36. The molecule has 2 rings (SSSR count). The zero-order valence-corrected chi connectivity index (χ0v) is 13.3. The molecular weight excluding hydrogens is 338 g/mol. The first-order valence-corrected chi connectivity index (χ1v) is 7.10. The minimum absolute atomic E-state index is 0.229. The predicted molar refractivity (Wildman–Crippen MR) is 87.0 cm³/mol. The van der Waals surface area contributed by atoms with Gasteiger partial charge in [-0.1, -0.05) is 41.9 Å². The maximum Gasteiger partial charge on any atom is 0.295 e. The summed E-state index contributed by atoms with van der Waals surface area (Å²) in [6, 6.07) is 10.7. The van der Waals surface area contributed by atoms with Gasteiger partial charge < -0.3 is 4.90 Å². The predicted octanol–water partition coefficient (Wildman–Crippen LogP) is 3.43. The van der Waals surface area contributed by atoms with Gasteiger partial charge >= 0.3 is 0 Å². The molecule has 0 saturated carbocycles. The Labute approximate surface area is 141 Å². The van der Waals surface area contributed by atoms with Crippen LogP contribution < -0.4 is 0 Å². The molecule has 0 N–H and O–H groups in total. The number of benzene rings is 2. The number of nitrogens with zero attached hydrogens (tertiary/aromatic N) is 3. The first-order chi connectivity index (χ1) is 11.3. The maximum atomic E-state index is 12.5. The fraction of sp³-hybridized carbons (Fsp3) is 0.133. The molecular formula is C15H12ClN3O5. The molecule has 2 aromatic rings. The fourth-order valence-corrected chi connectivity index (χ4v) is 2.38. The minimum Gasteiger partial charge on any atom is -0.337 e. The summed E-state index contributed by atoms with van der Waals surface area (Å²) in [5.41, 5.74) is -0.690. The van der Waals surface area contributed by atoms with Gasteiger partial charge in [0.25, 0.3) is 17.3 Å². The number of amides is 1. The van der Waals surface area contributed by atoms with Crippen LogP contribution in [0.2, 0.25) is 5.02 Å². The van der Waals surface area contributed by atoms with Crippen molar-refractivity contribution in [3.05, 3.63) is 78.8 Å². The van der Waals surface area contributed by atoms with Crippen LogP contribution in [-0.4, -0.2) is 27.7 Å². The monoisotopic (exact) mass is 349 g/mol. The molecule has 2 aromatic carbocycles. The zero-order chi connectivity index (χ0) is 17.9. The Balaban J connectivity index is 2.40. The molecule has 0 aliphatic carbocycles. The lowest BCUT2D eigenvalue weighted by atomic mass is 10.1. The summed E-state index contributed by atoms with van der Waals surface area (Å²) >= 11 is 5.91.